The number of benzene rings is 1. The Kier molecular flexibility index (Phi) is 10.9. The van der Waals surface area contributed by atoms with Crippen molar-refractivity contribution in [3.8, 4) is 0 Å². The molecule has 8 heteroatoms. The number of hydrogen-bond donors (Lipinski definition) is 2. The van der Waals surface area contributed by atoms with Gasteiger partial charge in [0.05, 0.1) is 0 Å². The van der Waals surface area contributed by atoms with E-state index in [0.717, 1.165) is 42.8 Å². The van der Waals surface area contributed by atoms with Gasteiger partial charge in [-0.25, -0.2) is 0 Å². The number of nitrogens with one attached hydrogen (secondary N) is 2. The number of thioether (sulfide) groups is 1. The molecule has 2 rings (SSSR count). The Morgan fingerprint density at radius 2 is 2.00 bits per heavy atom. The first kappa shape index (κ1) is 21.1. The molecular formula is C16H23ClIN5S. The fraction of sp³-hybridized carbons (Fsp3) is 0.375. The summed E-state index contributed by atoms with van der Waals surface area (Å²) in [7, 11) is 1.79. The van der Waals surface area contributed by atoms with Crippen molar-refractivity contribution in [2.45, 2.75) is 17.9 Å². The first-order chi connectivity index (χ1) is 11.3. The van der Waals surface area contributed by atoms with Gasteiger partial charge in [-0.05, 0) is 36.8 Å². The molecule has 24 heavy (non-hydrogen) atoms. The van der Waals surface area contributed by atoms with E-state index in [1.165, 1.54) is 4.90 Å². The van der Waals surface area contributed by atoms with Gasteiger partial charge in [0.25, 0.3) is 0 Å². The topological polar surface area (TPSA) is 54.2 Å². The monoisotopic (exact) mass is 479 g/mol. The molecule has 0 bridgehead atoms. The number of aliphatic imine (C=N–C) groups is 1. The lowest BCUT2D eigenvalue weighted by Gasteiger charge is -2.11. The van der Waals surface area contributed by atoms with Gasteiger partial charge in [-0.3, -0.25) is 9.67 Å². The number of aromatic nitrogens is 2. The second-order valence-corrected chi connectivity index (χ2v) is 6.46. The number of halogens is 2. The predicted molar refractivity (Wildman–Crippen MR) is 114 cm³/mol. The van der Waals surface area contributed by atoms with E-state index in [4.69, 9.17) is 11.6 Å². The Balaban J connectivity index is 0.00000288. The van der Waals surface area contributed by atoms with Crippen LogP contribution in [0.25, 0.3) is 0 Å². The van der Waals surface area contributed by atoms with E-state index in [0.29, 0.717) is 0 Å². The van der Waals surface area contributed by atoms with Gasteiger partial charge < -0.3 is 10.6 Å². The Hall–Kier alpha value is -0.930. The van der Waals surface area contributed by atoms with Gasteiger partial charge in [0.1, 0.15) is 0 Å². The van der Waals surface area contributed by atoms with Crippen molar-refractivity contribution in [1.82, 2.24) is 20.4 Å². The van der Waals surface area contributed by atoms with E-state index in [2.05, 4.69) is 20.7 Å². The molecule has 0 aliphatic rings. The van der Waals surface area contributed by atoms with Gasteiger partial charge in [-0.15, -0.1) is 35.7 Å². The number of nitrogens with zero attached hydrogens (tertiary/aromatic N) is 3. The van der Waals surface area contributed by atoms with Gasteiger partial charge in [0, 0.05) is 54.7 Å². The molecule has 0 aliphatic carbocycles. The standard InChI is InChI=1S/C16H22ClN5S.HI/c1-18-16(19-8-2-11-22-12-3-9-21-22)20-10-13-23-15-6-4-14(17)5-7-15;/h3-7,9,12H,2,8,10-11,13H2,1H3,(H2,18,19,20);1H. The van der Waals surface area contributed by atoms with E-state index >= 15 is 0 Å². The van der Waals surface area contributed by atoms with Crippen LogP contribution in [0.15, 0.2) is 52.6 Å². The molecule has 0 unspecified atom stereocenters. The third kappa shape index (κ3) is 8.25. The molecule has 0 amide bonds. The molecule has 0 saturated heterocycles. The van der Waals surface area contributed by atoms with Crippen molar-refractivity contribution >= 4 is 53.3 Å². The minimum atomic E-state index is 0. The quantitative estimate of drug-likeness (QED) is 0.200. The summed E-state index contributed by atoms with van der Waals surface area (Å²) in [5.41, 5.74) is 0. The second kappa shape index (κ2) is 12.4. The average molecular weight is 480 g/mol. The summed E-state index contributed by atoms with van der Waals surface area (Å²) in [5, 5.41) is 11.6. The molecule has 1 heterocycles. The lowest BCUT2D eigenvalue weighted by Crippen LogP contribution is -2.39. The number of rotatable bonds is 8. The van der Waals surface area contributed by atoms with Gasteiger partial charge in [0.15, 0.2) is 5.96 Å². The Bertz CT molecular complexity index is 589. The van der Waals surface area contributed by atoms with Crippen LogP contribution in [-0.4, -0.2) is 41.6 Å². The van der Waals surface area contributed by atoms with Crippen molar-refractivity contribution in [2.24, 2.45) is 4.99 Å². The average Bonchev–Trinajstić information content (AvgIpc) is 3.08. The highest BCUT2D eigenvalue weighted by Crippen LogP contribution is 2.19. The summed E-state index contributed by atoms with van der Waals surface area (Å²) in [4.78, 5) is 5.44. The second-order valence-electron chi connectivity index (χ2n) is 4.85. The maximum atomic E-state index is 5.88. The van der Waals surface area contributed by atoms with E-state index in [-0.39, 0.29) is 24.0 Å². The van der Waals surface area contributed by atoms with Crippen LogP contribution < -0.4 is 10.6 Å². The molecule has 132 valence electrons. The van der Waals surface area contributed by atoms with E-state index in [1.807, 2.05) is 41.2 Å². The number of hydrogen-bond acceptors (Lipinski definition) is 3. The van der Waals surface area contributed by atoms with Gasteiger partial charge in [0.2, 0.25) is 0 Å². The Morgan fingerprint density at radius 3 is 2.67 bits per heavy atom. The maximum Gasteiger partial charge on any atom is 0.191 e. The van der Waals surface area contributed by atoms with Crippen molar-refractivity contribution in [1.29, 1.82) is 0 Å². The van der Waals surface area contributed by atoms with Crippen LogP contribution in [0.3, 0.4) is 0 Å². The minimum Gasteiger partial charge on any atom is -0.356 e. The molecule has 2 aromatic rings. The van der Waals surface area contributed by atoms with Crippen molar-refractivity contribution in [2.75, 3.05) is 25.9 Å². The molecule has 2 N–H and O–H groups in total. The molecule has 1 aromatic heterocycles. The molecule has 0 saturated carbocycles. The molecule has 1 aromatic carbocycles. The Morgan fingerprint density at radius 1 is 1.25 bits per heavy atom. The number of aryl methyl sites for hydroxylation is 1. The zero-order valence-corrected chi connectivity index (χ0v) is 17.5. The highest BCUT2D eigenvalue weighted by Gasteiger charge is 1.98. The molecule has 0 atom stereocenters. The highest BCUT2D eigenvalue weighted by molar-refractivity contribution is 14.0. The summed E-state index contributed by atoms with van der Waals surface area (Å²) < 4.78 is 1.93. The van der Waals surface area contributed by atoms with Crippen LogP contribution in [0.2, 0.25) is 5.02 Å². The molecule has 5 nitrogen and oxygen atoms in total. The van der Waals surface area contributed by atoms with Gasteiger partial charge in [-0.2, -0.15) is 5.10 Å². The minimum absolute atomic E-state index is 0. The third-order valence-electron chi connectivity index (χ3n) is 3.12. The smallest absolute Gasteiger partial charge is 0.191 e. The Labute approximate surface area is 169 Å². The van der Waals surface area contributed by atoms with E-state index in [9.17, 15) is 0 Å². The molecule has 0 radical (unpaired) electrons. The largest absolute Gasteiger partial charge is 0.356 e. The summed E-state index contributed by atoms with van der Waals surface area (Å²) >= 11 is 7.67. The van der Waals surface area contributed by atoms with Crippen LogP contribution in [0, 0.1) is 0 Å². The summed E-state index contributed by atoms with van der Waals surface area (Å²) in [6.07, 6.45) is 4.77. The van der Waals surface area contributed by atoms with Crippen LogP contribution in [0.1, 0.15) is 6.42 Å². The zero-order valence-electron chi connectivity index (χ0n) is 13.6. The summed E-state index contributed by atoms with van der Waals surface area (Å²) in [5.74, 6) is 1.80. The predicted octanol–water partition coefficient (Wildman–Crippen LogP) is 3.50. The lowest BCUT2D eigenvalue weighted by atomic mass is 10.4. The number of guanidine groups is 1. The fourth-order valence-electron chi connectivity index (χ4n) is 1.97. The lowest BCUT2D eigenvalue weighted by molar-refractivity contribution is 0.570. The van der Waals surface area contributed by atoms with E-state index < -0.39 is 0 Å². The molecular weight excluding hydrogens is 457 g/mol. The molecule has 0 fully saturated rings. The van der Waals surface area contributed by atoms with Crippen molar-refractivity contribution in [3.05, 3.63) is 47.7 Å². The van der Waals surface area contributed by atoms with Gasteiger partial charge in [-0.1, -0.05) is 11.6 Å². The normalized spacial score (nSPS) is 11.0. The van der Waals surface area contributed by atoms with Crippen LogP contribution in [0.5, 0.6) is 0 Å². The van der Waals surface area contributed by atoms with Crippen molar-refractivity contribution in [3.63, 3.8) is 0 Å². The molecule has 0 spiro atoms. The van der Waals surface area contributed by atoms with Crippen molar-refractivity contribution < 1.29 is 0 Å². The summed E-state index contributed by atoms with van der Waals surface area (Å²) in [6, 6.07) is 9.84. The van der Waals surface area contributed by atoms with Crippen LogP contribution in [0.4, 0.5) is 0 Å². The van der Waals surface area contributed by atoms with Gasteiger partial charge >= 0.3 is 0 Å². The third-order valence-corrected chi connectivity index (χ3v) is 4.38. The maximum absolute atomic E-state index is 5.88. The summed E-state index contributed by atoms with van der Waals surface area (Å²) in [6.45, 7) is 2.62. The first-order valence-electron chi connectivity index (χ1n) is 7.58. The molecule has 0 aliphatic heterocycles. The first-order valence-corrected chi connectivity index (χ1v) is 8.94. The van der Waals surface area contributed by atoms with E-state index in [1.54, 1.807) is 25.0 Å². The zero-order chi connectivity index (χ0) is 16.3. The van der Waals surface area contributed by atoms with Crippen LogP contribution in [-0.2, 0) is 6.54 Å². The van der Waals surface area contributed by atoms with Crippen LogP contribution >= 0.6 is 47.3 Å². The SMILES string of the molecule is CN=C(NCCCn1cccn1)NCCSc1ccc(Cl)cc1.I. The highest BCUT2D eigenvalue weighted by atomic mass is 127. The fourth-order valence-corrected chi connectivity index (χ4v) is 2.86.